The summed E-state index contributed by atoms with van der Waals surface area (Å²) >= 11 is 0. The van der Waals surface area contributed by atoms with E-state index in [4.69, 9.17) is 33.2 Å². The molecular formula is C63H103N3O14. The smallest absolute Gasteiger partial charge is 0.329 e. The topological polar surface area (TPSA) is 200 Å². The molecule has 15 atom stereocenters. The molecule has 17 heteroatoms. The molecule has 0 aromatic rings. The van der Waals surface area contributed by atoms with Crippen molar-refractivity contribution in [2.45, 2.75) is 206 Å². The van der Waals surface area contributed by atoms with Crippen LogP contribution in [0.2, 0.25) is 0 Å². The summed E-state index contributed by atoms with van der Waals surface area (Å²) in [6.45, 7) is 24.0. The number of aliphatic hydroxyl groups excluding tert-OH is 1. The second-order valence-electron chi connectivity index (χ2n) is 24.4. The number of carbonyl (C=O) groups is 5. The predicted octanol–water partition coefficient (Wildman–Crippen LogP) is 7.64. The Kier molecular flexibility index (Phi) is 27.9. The molecule has 454 valence electrons. The first-order valence-electron chi connectivity index (χ1n) is 30.3. The lowest BCUT2D eigenvalue weighted by molar-refractivity contribution is -0.266. The van der Waals surface area contributed by atoms with Gasteiger partial charge in [0.25, 0.3) is 11.7 Å². The molecule has 2 bridgehead atoms. The number of piperazine rings is 1. The first-order chi connectivity index (χ1) is 38.1. The maximum Gasteiger partial charge on any atom is 0.329 e. The lowest BCUT2D eigenvalue weighted by atomic mass is 9.78. The highest BCUT2D eigenvalue weighted by Crippen LogP contribution is 2.38. The number of hydrogen-bond acceptors (Lipinski definition) is 16. The van der Waals surface area contributed by atoms with Gasteiger partial charge in [-0.1, -0.05) is 71.1 Å². The number of esters is 1. The monoisotopic (exact) mass is 1130 g/mol. The summed E-state index contributed by atoms with van der Waals surface area (Å²) in [6.07, 6.45) is 13.4. The molecule has 3 saturated heterocycles. The fourth-order valence-electron chi connectivity index (χ4n) is 12.5. The van der Waals surface area contributed by atoms with Gasteiger partial charge in [-0.15, -0.1) is 0 Å². The first kappa shape index (κ1) is 67.3. The summed E-state index contributed by atoms with van der Waals surface area (Å²) in [6, 6.07) is -0.585. The molecule has 5 rings (SSSR count). The third kappa shape index (κ3) is 19.3. The number of fused-ring (bicyclic) bond motifs is 3. The summed E-state index contributed by atoms with van der Waals surface area (Å²) in [7, 11) is 4.70. The van der Waals surface area contributed by atoms with Gasteiger partial charge in [-0.3, -0.25) is 24.1 Å². The van der Waals surface area contributed by atoms with Crippen molar-refractivity contribution in [2.24, 2.45) is 35.5 Å². The Bertz CT molecular complexity index is 2100. The quantitative estimate of drug-likeness (QED) is 0.0701. The Morgan fingerprint density at radius 3 is 2.20 bits per heavy atom. The number of amides is 1. The molecule has 2 N–H and O–H groups in total. The van der Waals surface area contributed by atoms with E-state index in [2.05, 4.69) is 23.6 Å². The second-order valence-corrected chi connectivity index (χ2v) is 24.4. The zero-order valence-corrected chi connectivity index (χ0v) is 50.8. The highest BCUT2D eigenvalue weighted by molar-refractivity contribution is 6.39. The lowest BCUT2D eigenvalue weighted by Crippen LogP contribution is -2.61. The van der Waals surface area contributed by atoms with E-state index < -0.39 is 77.8 Å². The summed E-state index contributed by atoms with van der Waals surface area (Å²) in [5, 5.41) is 23.8. The van der Waals surface area contributed by atoms with Gasteiger partial charge in [-0.05, 0) is 127 Å². The molecule has 4 fully saturated rings. The molecule has 4 aliphatic heterocycles. The summed E-state index contributed by atoms with van der Waals surface area (Å²) < 4.78 is 42.4. The molecular weight excluding hydrogens is 1020 g/mol. The number of rotatable bonds is 15. The van der Waals surface area contributed by atoms with Gasteiger partial charge >= 0.3 is 5.97 Å². The number of aliphatic hydroxyl groups is 2. The van der Waals surface area contributed by atoms with Crippen molar-refractivity contribution in [3.05, 3.63) is 47.6 Å². The second kappa shape index (κ2) is 33.1. The van der Waals surface area contributed by atoms with Gasteiger partial charge in [-0.2, -0.15) is 0 Å². The molecule has 0 aromatic carbocycles. The molecule has 1 aliphatic carbocycles. The fraction of sp³-hybridized carbons (Fsp3) is 0.794. The normalized spacial score (nSPS) is 35.8. The zero-order chi connectivity index (χ0) is 58.7. The Morgan fingerprint density at radius 1 is 0.775 bits per heavy atom. The standard InChI is InChI=1S/C63H103N3O14/c1-41(2)65-30-28-64(29-31-65)26-18-32-77-53-25-23-49(38-56(53)75-11)37-45(6)55-40-52(67)44(5)36-47(8)58(69)59(76-12)57(68)46(7)35-42(3)19-14-13-15-20-43(4)54(78-34-33-74-10)39-50-24-22-48(9)63(73,80-50)60(70)61(71)66-27-17-16-21-51(66)62(72)79-55/h13-15,19-20,36,41-42,44-46,48-51,53-56,58-59,69,73H,16-18,21-35,37-40H2,1-12H3/b15-13?,19-14+,43-20?,47-36+/t42-,44-,45-,46-,48-,49+,50+,51?,53-,54?,55+,56-,58-,59+,63-/m1/s1. The van der Waals surface area contributed by atoms with Crippen LogP contribution in [0.3, 0.4) is 0 Å². The molecule has 0 aromatic heterocycles. The van der Waals surface area contributed by atoms with E-state index in [1.807, 2.05) is 58.1 Å². The van der Waals surface area contributed by atoms with E-state index in [0.717, 1.165) is 64.0 Å². The Morgan fingerprint density at radius 2 is 1.51 bits per heavy atom. The average molecular weight is 1130 g/mol. The maximum atomic E-state index is 14.7. The van der Waals surface area contributed by atoms with Crippen molar-refractivity contribution in [3.8, 4) is 0 Å². The number of cyclic esters (lactones) is 1. The van der Waals surface area contributed by atoms with E-state index in [1.54, 1.807) is 41.1 Å². The third-order valence-corrected chi connectivity index (χ3v) is 17.9. The number of piperidine rings is 1. The van der Waals surface area contributed by atoms with Crippen LogP contribution < -0.4 is 0 Å². The minimum absolute atomic E-state index is 0.00467. The van der Waals surface area contributed by atoms with Crippen molar-refractivity contribution in [1.29, 1.82) is 0 Å². The van der Waals surface area contributed by atoms with Crippen LogP contribution in [-0.4, -0.2) is 195 Å². The predicted molar refractivity (Wildman–Crippen MR) is 307 cm³/mol. The van der Waals surface area contributed by atoms with Crippen molar-refractivity contribution < 1.29 is 67.3 Å². The van der Waals surface area contributed by atoms with Crippen LogP contribution in [0.1, 0.15) is 146 Å². The van der Waals surface area contributed by atoms with Crippen LogP contribution >= 0.6 is 0 Å². The van der Waals surface area contributed by atoms with Gasteiger partial charge in [-0.25, -0.2) is 4.79 Å². The van der Waals surface area contributed by atoms with Crippen LogP contribution in [-0.2, 0) is 57.1 Å². The molecule has 5 aliphatic rings. The lowest BCUT2D eigenvalue weighted by Gasteiger charge is -2.43. The molecule has 1 saturated carbocycles. The number of nitrogens with zero attached hydrogens (tertiary/aromatic N) is 3. The van der Waals surface area contributed by atoms with Crippen molar-refractivity contribution >= 4 is 29.2 Å². The summed E-state index contributed by atoms with van der Waals surface area (Å²) in [5.41, 5.74) is 1.27. The van der Waals surface area contributed by atoms with E-state index in [1.165, 1.54) is 12.0 Å². The summed E-state index contributed by atoms with van der Waals surface area (Å²) in [4.78, 5) is 78.3. The SMILES string of the molecule is COCCOC1C[C@@H]2CC[C@@H](C)[C@@](O)(O2)C(=O)C(=O)N2CCCCC2C(=O)O[C@H]([C@H](C)C[C@@H]2CC[C@@H](OCCCN3CCN(C(C)C)CC3)[C@H](OC)C2)CC(=O)[C@H](C)/C=C(\C)[C@@H](O)[C@@H](OC)C(=O)[C@H](C)C[C@H](C)/C=C/C=CC=C1C. The molecule has 80 heavy (non-hydrogen) atoms. The van der Waals surface area contributed by atoms with Crippen LogP contribution in [0.15, 0.2) is 47.6 Å². The number of ether oxygens (including phenoxy) is 7. The largest absolute Gasteiger partial charge is 0.460 e. The van der Waals surface area contributed by atoms with Gasteiger partial charge in [0.15, 0.2) is 5.78 Å². The molecule has 0 radical (unpaired) electrons. The molecule has 2 unspecified atom stereocenters. The van der Waals surface area contributed by atoms with E-state index in [0.29, 0.717) is 63.4 Å². The Hall–Kier alpha value is -3.49. The number of Topliss-reactive ketones (excluding diaryl/α,β-unsaturated/α-hetero) is 3. The highest BCUT2D eigenvalue weighted by Gasteiger charge is 2.53. The average Bonchev–Trinajstić information content (AvgIpc) is 3.46. The number of hydrogen-bond donors (Lipinski definition) is 2. The zero-order valence-electron chi connectivity index (χ0n) is 50.8. The van der Waals surface area contributed by atoms with Gasteiger partial charge in [0.1, 0.15) is 30.1 Å². The molecule has 0 spiro atoms. The van der Waals surface area contributed by atoms with E-state index in [9.17, 15) is 34.2 Å². The molecule has 1 amide bonds. The maximum absolute atomic E-state index is 14.7. The van der Waals surface area contributed by atoms with Crippen LogP contribution in [0.5, 0.6) is 0 Å². The minimum atomic E-state index is -2.46. The Labute approximate surface area is 479 Å². The first-order valence-corrected chi connectivity index (χ1v) is 30.3. The van der Waals surface area contributed by atoms with Crippen molar-refractivity contribution in [3.63, 3.8) is 0 Å². The van der Waals surface area contributed by atoms with Crippen LogP contribution in [0.25, 0.3) is 0 Å². The van der Waals surface area contributed by atoms with Gasteiger partial charge in [0.05, 0.1) is 37.6 Å². The van der Waals surface area contributed by atoms with E-state index in [-0.39, 0.29) is 73.9 Å². The highest BCUT2D eigenvalue weighted by atomic mass is 16.6. The number of methoxy groups -OCH3 is 3. The summed E-state index contributed by atoms with van der Waals surface area (Å²) in [5.74, 6) is -7.90. The minimum Gasteiger partial charge on any atom is -0.460 e. The molecule has 4 heterocycles. The van der Waals surface area contributed by atoms with Gasteiger partial charge in [0, 0.05) is 104 Å². The van der Waals surface area contributed by atoms with Gasteiger partial charge in [0.2, 0.25) is 5.79 Å². The van der Waals surface area contributed by atoms with Crippen molar-refractivity contribution in [2.75, 3.05) is 80.4 Å². The molecule has 17 nitrogen and oxygen atoms in total. The number of allylic oxidation sites excluding steroid dienone is 6. The third-order valence-electron chi connectivity index (χ3n) is 17.9. The van der Waals surface area contributed by atoms with Crippen LogP contribution in [0.4, 0.5) is 0 Å². The Balaban J connectivity index is 1.39. The van der Waals surface area contributed by atoms with E-state index >= 15 is 0 Å². The fourth-order valence-corrected chi connectivity index (χ4v) is 12.5. The van der Waals surface area contributed by atoms with Gasteiger partial charge < -0.3 is 53.2 Å². The van der Waals surface area contributed by atoms with Crippen LogP contribution in [0, 0.1) is 35.5 Å². The number of carbonyl (C=O) groups excluding carboxylic acids is 5. The number of ketones is 3. The van der Waals surface area contributed by atoms with Crippen molar-refractivity contribution in [1.82, 2.24) is 14.7 Å².